The molecule has 1 aliphatic carbocycles. The molecule has 0 fully saturated rings. The number of rotatable bonds is 5. The third-order valence-electron chi connectivity index (χ3n) is 2.37. The van der Waals surface area contributed by atoms with Gasteiger partial charge in [0, 0.05) is 19.1 Å². The maximum Gasteiger partial charge on any atom is 0.0205 e. The zero-order chi connectivity index (χ0) is 10.4. The van der Waals surface area contributed by atoms with Crippen LogP contribution in [-0.2, 0) is 0 Å². The fourth-order valence-electron chi connectivity index (χ4n) is 1.70. The van der Waals surface area contributed by atoms with Crippen molar-refractivity contribution in [1.29, 1.82) is 0 Å². The standard InChI is InChI=1S/C12H22N2/c1-11(10-14(2)3)13-9-12-7-5-4-6-8-12/h5,7-8,11,13H,4,6,9-10H2,1-3H3. The molecule has 0 aromatic heterocycles. The van der Waals surface area contributed by atoms with Crippen molar-refractivity contribution >= 4 is 0 Å². The topological polar surface area (TPSA) is 15.3 Å². The lowest BCUT2D eigenvalue weighted by Gasteiger charge is -2.19. The first-order valence-corrected chi connectivity index (χ1v) is 5.42. The molecule has 0 saturated heterocycles. The predicted octanol–water partition coefficient (Wildman–Crippen LogP) is 1.80. The molecule has 1 aliphatic rings. The van der Waals surface area contributed by atoms with Crippen LogP contribution in [0.5, 0.6) is 0 Å². The van der Waals surface area contributed by atoms with Crippen LogP contribution in [-0.4, -0.2) is 38.1 Å². The van der Waals surface area contributed by atoms with Crippen LogP contribution in [0.2, 0.25) is 0 Å². The van der Waals surface area contributed by atoms with Gasteiger partial charge in [0.25, 0.3) is 0 Å². The van der Waals surface area contributed by atoms with Gasteiger partial charge in [0.05, 0.1) is 0 Å². The minimum Gasteiger partial charge on any atom is -0.309 e. The number of nitrogens with zero attached hydrogens (tertiary/aromatic N) is 1. The molecule has 1 rings (SSSR count). The van der Waals surface area contributed by atoms with Crippen LogP contribution in [0.15, 0.2) is 23.8 Å². The van der Waals surface area contributed by atoms with E-state index in [0.717, 1.165) is 13.1 Å². The quantitative estimate of drug-likeness (QED) is 0.718. The van der Waals surface area contributed by atoms with Crippen LogP contribution in [0, 0.1) is 0 Å². The number of nitrogens with one attached hydrogen (secondary N) is 1. The van der Waals surface area contributed by atoms with Crippen LogP contribution in [0.25, 0.3) is 0 Å². The van der Waals surface area contributed by atoms with E-state index < -0.39 is 0 Å². The number of hydrogen-bond donors (Lipinski definition) is 1. The Labute approximate surface area is 87.7 Å². The lowest BCUT2D eigenvalue weighted by molar-refractivity contribution is 0.355. The first-order chi connectivity index (χ1) is 6.68. The van der Waals surface area contributed by atoms with E-state index in [0.29, 0.717) is 6.04 Å². The van der Waals surface area contributed by atoms with Gasteiger partial charge in [-0.3, -0.25) is 0 Å². The second-order valence-corrected chi connectivity index (χ2v) is 4.30. The molecule has 0 aliphatic heterocycles. The zero-order valence-corrected chi connectivity index (χ0v) is 9.59. The highest BCUT2D eigenvalue weighted by atomic mass is 15.1. The minimum absolute atomic E-state index is 0.557. The molecule has 1 N–H and O–H groups in total. The van der Waals surface area contributed by atoms with Crippen molar-refractivity contribution in [1.82, 2.24) is 10.2 Å². The minimum atomic E-state index is 0.557. The van der Waals surface area contributed by atoms with Gasteiger partial charge >= 0.3 is 0 Å². The van der Waals surface area contributed by atoms with Gasteiger partial charge in [0.1, 0.15) is 0 Å². The Morgan fingerprint density at radius 1 is 1.43 bits per heavy atom. The number of allylic oxidation sites excluding steroid dienone is 2. The van der Waals surface area contributed by atoms with E-state index in [1.54, 1.807) is 0 Å². The van der Waals surface area contributed by atoms with Crippen molar-refractivity contribution < 1.29 is 0 Å². The molecule has 2 heteroatoms. The third kappa shape index (κ3) is 4.58. The summed E-state index contributed by atoms with van der Waals surface area (Å²) in [4.78, 5) is 2.21. The lowest BCUT2D eigenvalue weighted by Crippen LogP contribution is -2.36. The molecular weight excluding hydrogens is 172 g/mol. The first-order valence-electron chi connectivity index (χ1n) is 5.42. The Morgan fingerprint density at radius 2 is 2.21 bits per heavy atom. The second kappa shape index (κ2) is 5.99. The fraction of sp³-hybridized carbons (Fsp3) is 0.667. The summed E-state index contributed by atoms with van der Waals surface area (Å²) < 4.78 is 0. The normalized spacial score (nSPS) is 18.4. The van der Waals surface area contributed by atoms with Crippen molar-refractivity contribution in [3.05, 3.63) is 23.8 Å². The first kappa shape index (κ1) is 11.5. The molecule has 0 heterocycles. The van der Waals surface area contributed by atoms with Crippen LogP contribution in [0.4, 0.5) is 0 Å². The van der Waals surface area contributed by atoms with Crippen molar-refractivity contribution in [2.45, 2.75) is 25.8 Å². The summed E-state index contributed by atoms with van der Waals surface area (Å²) in [7, 11) is 4.22. The van der Waals surface area contributed by atoms with E-state index >= 15 is 0 Å². The molecule has 0 aromatic carbocycles. The summed E-state index contributed by atoms with van der Waals surface area (Å²) in [6.45, 7) is 4.33. The third-order valence-corrected chi connectivity index (χ3v) is 2.37. The van der Waals surface area contributed by atoms with Crippen molar-refractivity contribution in [2.24, 2.45) is 0 Å². The summed E-state index contributed by atoms with van der Waals surface area (Å²) >= 11 is 0. The average molecular weight is 194 g/mol. The van der Waals surface area contributed by atoms with Gasteiger partial charge in [-0.1, -0.05) is 18.2 Å². The molecule has 1 atom stereocenters. The van der Waals surface area contributed by atoms with Gasteiger partial charge in [-0.25, -0.2) is 0 Å². The van der Waals surface area contributed by atoms with Gasteiger partial charge in [-0.05, 0) is 39.4 Å². The average Bonchev–Trinajstić information content (AvgIpc) is 2.15. The summed E-state index contributed by atoms with van der Waals surface area (Å²) in [6, 6.07) is 0.557. The Kier molecular flexibility index (Phi) is 4.91. The molecule has 0 saturated carbocycles. The zero-order valence-electron chi connectivity index (χ0n) is 9.59. The van der Waals surface area contributed by atoms with E-state index in [9.17, 15) is 0 Å². The fourth-order valence-corrected chi connectivity index (χ4v) is 1.70. The van der Waals surface area contributed by atoms with Gasteiger partial charge in [0.15, 0.2) is 0 Å². The molecule has 14 heavy (non-hydrogen) atoms. The second-order valence-electron chi connectivity index (χ2n) is 4.30. The molecule has 0 aromatic rings. The molecule has 0 radical (unpaired) electrons. The molecule has 80 valence electrons. The summed E-state index contributed by atoms with van der Waals surface area (Å²) in [5.74, 6) is 0. The van der Waals surface area contributed by atoms with Gasteiger partial charge < -0.3 is 10.2 Å². The van der Waals surface area contributed by atoms with Gasteiger partial charge in [0.2, 0.25) is 0 Å². The van der Waals surface area contributed by atoms with Crippen LogP contribution < -0.4 is 5.32 Å². The van der Waals surface area contributed by atoms with E-state index in [2.05, 4.69) is 49.5 Å². The van der Waals surface area contributed by atoms with E-state index in [1.807, 2.05) is 0 Å². The van der Waals surface area contributed by atoms with Crippen LogP contribution >= 0.6 is 0 Å². The molecule has 0 spiro atoms. The van der Waals surface area contributed by atoms with E-state index in [4.69, 9.17) is 0 Å². The predicted molar refractivity (Wildman–Crippen MR) is 62.5 cm³/mol. The Morgan fingerprint density at radius 3 is 2.79 bits per heavy atom. The highest BCUT2D eigenvalue weighted by molar-refractivity contribution is 5.23. The molecule has 1 unspecified atom stereocenters. The van der Waals surface area contributed by atoms with Crippen molar-refractivity contribution in [3.8, 4) is 0 Å². The number of likely N-dealkylation sites (N-methyl/N-ethyl adjacent to an activating group) is 1. The SMILES string of the molecule is CC(CN(C)C)NCC1=CCCC=C1. The smallest absolute Gasteiger partial charge is 0.0205 e. The Balaban J connectivity index is 2.19. The maximum atomic E-state index is 3.52. The monoisotopic (exact) mass is 194 g/mol. The summed E-state index contributed by atoms with van der Waals surface area (Å²) in [6.07, 6.45) is 9.23. The molecule has 0 amide bonds. The summed E-state index contributed by atoms with van der Waals surface area (Å²) in [5, 5.41) is 3.52. The van der Waals surface area contributed by atoms with E-state index in [1.165, 1.54) is 18.4 Å². The van der Waals surface area contributed by atoms with Crippen molar-refractivity contribution in [2.75, 3.05) is 27.2 Å². The Bertz CT molecular complexity index is 216. The van der Waals surface area contributed by atoms with E-state index in [-0.39, 0.29) is 0 Å². The lowest BCUT2D eigenvalue weighted by atomic mass is 10.1. The largest absolute Gasteiger partial charge is 0.309 e. The van der Waals surface area contributed by atoms with Crippen LogP contribution in [0.3, 0.4) is 0 Å². The van der Waals surface area contributed by atoms with Gasteiger partial charge in [-0.15, -0.1) is 0 Å². The number of hydrogen-bond acceptors (Lipinski definition) is 2. The highest BCUT2D eigenvalue weighted by Crippen LogP contribution is 2.08. The van der Waals surface area contributed by atoms with Crippen LogP contribution in [0.1, 0.15) is 19.8 Å². The van der Waals surface area contributed by atoms with Gasteiger partial charge in [-0.2, -0.15) is 0 Å². The molecule has 0 bridgehead atoms. The van der Waals surface area contributed by atoms with Crippen molar-refractivity contribution in [3.63, 3.8) is 0 Å². The summed E-state index contributed by atoms with van der Waals surface area (Å²) in [5.41, 5.74) is 1.43. The molecule has 2 nitrogen and oxygen atoms in total. The Hall–Kier alpha value is -0.600. The maximum absolute atomic E-state index is 3.52. The molecular formula is C12H22N2. The highest BCUT2D eigenvalue weighted by Gasteiger charge is 2.03.